The van der Waals surface area contributed by atoms with Crippen molar-refractivity contribution in [2.24, 2.45) is 71.0 Å². The van der Waals surface area contributed by atoms with E-state index in [9.17, 15) is 48.3 Å². The number of carbonyl (C=O) groups excluding carboxylic acids is 13. The van der Waals surface area contributed by atoms with Gasteiger partial charge in [0.1, 0.15) is 41.3 Å². The molecule has 116 heavy (non-hydrogen) atoms. The SMILES string of the molecule is CC[C@@H]1CC(=O)[C@H]([C@H](O)[C@H](C)C/C=C/C(=O)NCCOCCNC(=O)CC[P+](c2ccccc2)(c2ccccc2)c2ccccc2)N(C)C(=O)[C@H](C(C)C)C(C)C(=O)[C@H](CC(C)C)N(C)C(=O)[C@H](CC(C)C)N(C)C(=O)[C@@H](C)NC(=O)[C@H](C)CC(=O)[C@H](CC(C)C)N(C)C(=O)[C@H](C(C)C)CC(=O)[C@H](CC(C)C)N(C)C(=O)CN(C)C1=O. The monoisotopic (exact) mass is 1630 g/mol. The van der Waals surface area contributed by atoms with E-state index < -0.39 is 180 Å². The molecule has 1 heterocycles. The molecule has 4 N–H and O–H groups in total. The number of likely N-dealkylation sites (N-methyl/N-ethyl adjacent to an activating group) is 6. The number of ketones is 4. The molecule has 1 aliphatic rings. The van der Waals surface area contributed by atoms with Crippen molar-refractivity contribution in [3.8, 4) is 0 Å². The Morgan fingerprint density at radius 3 is 1.47 bits per heavy atom. The average Bonchev–Trinajstić information content (AvgIpc) is 0.755. The first-order chi connectivity index (χ1) is 54.5. The van der Waals surface area contributed by atoms with Crippen molar-refractivity contribution in [1.82, 2.24) is 45.3 Å². The first kappa shape index (κ1) is 100. The molecule has 0 spiro atoms. The number of carbonyl (C=O) groups is 13. The molecular weight excluding hydrogens is 1490 g/mol. The Labute approximate surface area is 693 Å². The highest BCUT2D eigenvalue weighted by molar-refractivity contribution is 7.95. The highest BCUT2D eigenvalue weighted by Gasteiger charge is 2.48. The largest absolute Gasteiger partial charge is 0.390 e. The third-order valence-electron chi connectivity index (χ3n) is 22.9. The molecule has 0 radical (unpaired) electrons. The van der Waals surface area contributed by atoms with E-state index >= 15 is 19.2 Å². The smallest absolute Gasteiger partial charge is 0.245 e. The highest BCUT2D eigenvalue weighted by Crippen LogP contribution is 2.56. The summed E-state index contributed by atoms with van der Waals surface area (Å²) in [6, 6.07) is 23.8. The van der Waals surface area contributed by atoms with Gasteiger partial charge in [0.05, 0.1) is 56.6 Å². The maximum Gasteiger partial charge on any atom is 0.245 e. The number of aliphatic hydroxyl groups excluding tert-OH is 1. The summed E-state index contributed by atoms with van der Waals surface area (Å²) in [6.45, 7) is 30.4. The van der Waals surface area contributed by atoms with Crippen LogP contribution in [0.4, 0.5) is 0 Å². The third kappa shape index (κ3) is 28.5. The summed E-state index contributed by atoms with van der Waals surface area (Å²) >= 11 is 0. The van der Waals surface area contributed by atoms with E-state index in [1.54, 1.807) is 55.4 Å². The number of nitrogens with zero attached hydrogens (tertiary/aromatic N) is 6. The zero-order valence-electron chi connectivity index (χ0n) is 73.9. The third-order valence-corrected chi connectivity index (χ3v) is 27.3. The molecule has 3 aromatic rings. The van der Waals surface area contributed by atoms with E-state index in [1.807, 2.05) is 110 Å². The van der Waals surface area contributed by atoms with E-state index in [-0.39, 0.29) is 114 Å². The molecule has 0 aromatic heterocycles. The standard InChI is InChI=1S/C91H140N9O15P/c1-24-67-54-78(103)83(84(107)63(14)35-34-42-79(104)92-44-46-115-47-45-93-80(105)43-48-116(68-36-28-25-29-37-68,69-38-30-26-31-39-69)70-40-32-27-33-41-70)100(23)91(114)82(62(12)13)65(16)85(108)74(51-59(6)7)98(21)90(113)75(52-60(8)9)99(22)87(110)66(17)94-86(109)64(15)53-76(101)73(50-58(4)5)97(20)89(112)71(61(10)11)55-77(102)72(49-57(2)3)96(19)81(106)56-95(18)88(67)111/h25-34,36-42,57-67,71-75,82-84,107H,24,35,43-56H2,1-23H3,(H2-,92,93,94,104,105,109)/p+1/b42-34+/t63-,64-,65?,66-,67-,71+,72+,73+,74+,75+,82-,83-,84-/m1/s1. The van der Waals surface area contributed by atoms with Crippen LogP contribution < -0.4 is 31.9 Å². The second kappa shape index (κ2) is 47.9. The summed E-state index contributed by atoms with van der Waals surface area (Å²) in [5.74, 6) is -14.5. The highest BCUT2D eigenvalue weighted by atomic mass is 31.2. The number of aliphatic hydroxyl groups is 1. The molecule has 1 fully saturated rings. The van der Waals surface area contributed by atoms with Crippen molar-refractivity contribution >= 4 is 99.5 Å². The Hall–Kier alpha value is -8.34. The second-order valence-electron chi connectivity index (χ2n) is 34.7. The number of nitrogens with one attached hydrogen (secondary N) is 3. The number of ether oxygens (including phenoxy) is 1. The van der Waals surface area contributed by atoms with Crippen LogP contribution in [0.3, 0.4) is 0 Å². The van der Waals surface area contributed by atoms with Gasteiger partial charge in [0.25, 0.3) is 0 Å². The Morgan fingerprint density at radius 1 is 0.534 bits per heavy atom. The fourth-order valence-electron chi connectivity index (χ4n) is 15.8. The minimum absolute atomic E-state index is 0.0207. The van der Waals surface area contributed by atoms with Crippen LogP contribution in [0.5, 0.6) is 0 Å². The second-order valence-corrected chi connectivity index (χ2v) is 38.3. The maximum atomic E-state index is 15.6. The van der Waals surface area contributed by atoms with Crippen LogP contribution in [-0.2, 0) is 67.1 Å². The lowest BCUT2D eigenvalue weighted by atomic mass is 9.77. The summed E-state index contributed by atoms with van der Waals surface area (Å²) in [4.78, 5) is 198. The number of hydrogen-bond acceptors (Lipinski definition) is 15. The molecule has 4 rings (SSSR count). The number of hydrogen-bond donors (Lipinski definition) is 4. The van der Waals surface area contributed by atoms with Crippen LogP contribution in [0, 0.1) is 71.0 Å². The predicted octanol–water partition coefficient (Wildman–Crippen LogP) is 9.15. The van der Waals surface area contributed by atoms with E-state index in [0.29, 0.717) is 6.16 Å². The van der Waals surface area contributed by atoms with E-state index in [0.717, 1.165) is 4.90 Å². The van der Waals surface area contributed by atoms with E-state index in [4.69, 9.17) is 4.74 Å². The first-order valence-corrected chi connectivity index (χ1v) is 44.0. The summed E-state index contributed by atoms with van der Waals surface area (Å²) in [6.07, 6.45) is 1.81. The van der Waals surface area contributed by atoms with Crippen LogP contribution in [0.15, 0.2) is 103 Å². The van der Waals surface area contributed by atoms with Gasteiger partial charge in [0, 0.05) is 104 Å². The molecule has 9 amide bonds. The number of rotatable bonds is 28. The van der Waals surface area contributed by atoms with Crippen LogP contribution in [-0.4, -0.2) is 234 Å². The molecule has 1 saturated heterocycles. The molecule has 13 atom stereocenters. The van der Waals surface area contributed by atoms with Gasteiger partial charge in [-0.1, -0.05) is 171 Å². The Bertz CT molecular complexity index is 3660. The minimum Gasteiger partial charge on any atom is -0.390 e. The molecule has 24 nitrogen and oxygen atoms in total. The predicted molar refractivity (Wildman–Crippen MR) is 459 cm³/mol. The van der Waals surface area contributed by atoms with Crippen molar-refractivity contribution in [3.05, 3.63) is 103 Å². The Morgan fingerprint density at radius 2 is 0.991 bits per heavy atom. The fourth-order valence-corrected chi connectivity index (χ4v) is 20.1. The topological polar surface area (TPSA) is 307 Å². The van der Waals surface area contributed by atoms with Gasteiger partial charge in [0.15, 0.2) is 23.1 Å². The van der Waals surface area contributed by atoms with Crippen LogP contribution >= 0.6 is 7.26 Å². The van der Waals surface area contributed by atoms with Gasteiger partial charge in [-0.2, -0.15) is 0 Å². The number of benzene rings is 3. The fraction of sp³-hybridized carbons (Fsp3) is 0.637. The van der Waals surface area contributed by atoms with Gasteiger partial charge in [0.2, 0.25) is 53.2 Å². The van der Waals surface area contributed by atoms with Crippen LogP contribution in [0.2, 0.25) is 0 Å². The number of allylic oxidation sites excluding steroid dienone is 1. The van der Waals surface area contributed by atoms with Crippen LogP contribution in [0.1, 0.15) is 182 Å². The first-order valence-electron chi connectivity index (χ1n) is 42.0. The molecule has 25 heteroatoms. The molecular formula is C91H141N9O15P+. The van der Waals surface area contributed by atoms with Crippen molar-refractivity contribution in [3.63, 3.8) is 0 Å². The summed E-state index contributed by atoms with van der Waals surface area (Å²) < 4.78 is 5.81. The number of Topliss-reactive ketones (excluding diaryl/α,β-unsaturated/α-hetero) is 4. The Kier molecular flexibility index (Phi) is 41.3. The molecule has 0 aliphatic carbocycles. The summed E-state index contributed by atoms with van der Waals surface area (Å²) in [5, 5.41) is 24.7. The maximum absolute atomic E-state index is 15.6. The lowest BCUT2D eigenvalue weighted by molar-refractivity contribution is -0.154. The van der Waals surface area contributed by atoms with Crippen molar-refractivity contribution < 1.29 is 72.2 Å². The molecule has 0 bridgehead atoms. The molecule has 3 aromatic carbocycles. The van der Waals surface area contributed by atoms with Gasteiger partial charge >= 0.3 is 0 Å². The van der Waals surface area contributed by atoms with Crippen molar-refractivity contribution in [2.75, 3.05) is 81.3 Å². The number of amides is 9. The van der Waals surface area contributed by atoms with E-state index in [1.165, 1.54) is 102 Å². The van der Waals surface area contributed by atoms with Gasteiger partial charge in [-0.3, -0.25) is 62.3 Å². The molecule has 0 saturated carbocycles. The van der Waals surface area contributed by atoms with Gasteiger partial charge in [-0.05, 0) is 129 Å². The van der Waals surface area contributed by atoms with Crippen molar-refractivity contribution in [2.45, 2.75) is 224 Å². The normalized spacial score (nSPS) is 23.6. The van der Waals surface area contributed by atoms with Crippen molar-refractivity contribution in [1.29, 1.82) is 0 Å². The molecule has 1 aliphatic heterocycles. The average molecular weight is 1630 g/mol. The molecule has 1 unspecified atom stereocenters. The lowest BCUT2D eigenvalue weighted by Crippen LogP contribution is -2.58. The zero-order valence-corrected chi connectivity index (χ0v) is 74.8. The Balaban J connectivity index is 1.70. The quantitative estimate of drug-likeness (QED) is 0.0299. The lowest BCUT2D eigenvalue weighted by Gasteiger charge is -2.40. The minimum atomic E-state index is -2.22. The zero-order chi connectivity index (χ0) is 87.3. The molecule has 644 valence electrons. The summed E-state index contributed by atoms with van der Waals surface area (Å²) in [7, 11) is 6.48. The van der Waals surface area contributed by atoms with Gasteiger partial charge in [-0.15, -0.1) is 0 Å². The van der Waals surface area contributed by atoms with E-state index in [2.05, 4.69) is 52.3 Å². The summed E-state index contributed by atoms with van der Waals surface area (Å²) in [5.41, 5.74) is 0. The van der Waals surface area contributed by atoms with Gasteiger partial charge in [-0.25, -0.2) is 0 Å². The van der Waals surface area contributed by atoms with Gasteiger partial charge < -0.3 is 55.2 Å². The van der Waals surface area contributed by atoms with Crippen LogP contribution in [0.25, 0.3) is 0 Å².